The highest BCUT2D eigenvalue weighted by atomic mass is 32.1. The molecule has 0 N–H and O–H groups in total. The highest BCUT2D eigenvalue weighted by Gasteiger charge is 2.45. The molecule has 0 amide bonds. The Morgan fingerprint density at radius 1 is 1.00 bits per heavy atom. The van der Waals surface area contributed by atoms with Crippen LogP contribution in [0.5, 0.6) is 0 Å². The molecule has 4 aromatic rings. The van der Waals surface area contributed by atoms with Gasteiger partial charge in [-0.05, 0) is 112 Å². The predicted molar refractivity (Wildman–Crippen MR) is 207 cm³/mol. The highest BCUT2D eigenvalue weighted by molar-refractivity contribution is 7.80. The van der Waals surface area contributed by atoms with E-state index in [1.807, 2.05) is 6.92 Å². The maximum absolute atomic E-state index is 13.1. The number of thiol groups is 1. The summed E-state index contributed by atoms with van der Waals surface area (Å²) in [6.07, 6.45) is -0.420. The summed E-state index contributed by atoms with van der Waals surface area (Å²) in [4.78, 5) is 16.3. The van der Waals surface area contributed by atoms with E-state index >= 15 is 0 Å². The summed E-state index contributed by atoms with van der Waals surface area (Å²) in [5, 5.41) is 2.37. The molecule has 51 heavy (non-hydrogen) atoms. The van der Waals surface area contributed by atoms with Crippen molar-refractivity contribution in [3.8, 4) is 11.8 Å². The van der Waals surface area contributed by atoms with E-state index in [1.54, 1.807) is 12.1 Å². The summed E-state index contributed by atoms with van der Waals surface area (Å²) < 4.78 is 41.7. The number of aromatic nitrogens is 3. The molecule has 0 radical (unpaired) electrons. The second kappa shape index (κ2) is 15.4. The lowest BCUT2D eigenvalue weighted by atomic mass is 9.72. The Balaban J connectivity index is 1.11. The average molecular weight is 719 g/mol. The van der Waals surface area contributed by atoms with Crippen LogP contribution in [0, 0.1) is 30.1 Å². The fourth-order valence-electron chi connectivity index (χ4n) is 8.15. The molecule has 6 nitrogen and oxygen atoms in total. The van der Waals surface area contributed by atoms with Crippen molar-refractivity contribution in [2.24, 2.45) is 11.3 Å². The molecule has 6 rings (SSSR count). The number of hydrogen-bond acceptors (Lipinski definition) is 6. The number of nitrogens with zero attached hydrogens (tertiary/aromatic N) is 6. The van der Waals surface area contributed by atoms with Gasteiger partial charge in [-0.2, -0.15) is 25.8 Å². The molecular formula is C41H53F3N6S. The van der Waals surface area contributed by atoms with Crippen LogP contribution in [0.3, 0.4) is 0 Å². The Kier molecular flexibility index (Phi) is 11.3. The van der Waals surface area contributed by atoms with E-state index in [4.69, 9.17) is 0 Å². The third-order valence-electron chi connectivity index (χ3n) is 11.0. The van der Waals surface area contributed by atoms with Crippen molar-refractivity contribution in [3.05, 3.63) is 65.1 Å². The molecule has 2 aliphatic heterocycles. The van der Waals surface area contributed by atoms with E-state index in [-0.39, 0.29) is 11.0 Å². The number of piperidine rings is 1. The van der Waals surface area contributed by atoms with Gasteiger partial charge in [0.05, 0.1) is 17.6 Å². The van der Waals surface area contributed by atoms with E-state index in [0.717, 1.165) is 83.1 Å². The summed E-state index contributed by atoms with van der Waals surface area (Å²) in [7, 11) is 0. The number of likely N-dealkylation sites (tertiary alicyclic amines) is 1. The molecule has 2 fully saturated rings. The Morgan fingerprint density at radius 2 is 1.75 bits per heavy atom. The lowest BCUT2D eigenvalue weighted by molar-refractivity contribution is -0.127. The van der Waals surface area contributed by atoms with Gasteiger partial charge in [-0.15, -0.1) is 0 Å². The molecule has 274 valence electrons. The topological polar surface area (TPSA) is 40.4 Å². The lowest BCUT2D eigenvalue weighted by Gasteiger charge is -2.54. The van der Waals surface area contributed by atoms with Gasteiger partial charge < -0.3 is 9.47 Å². The van der Waals surface area contributed by atoms with Gasteiger partial charge in [0.1, 0.15) is 12.1 Å². The summed E-state index contributed by atoms with van der Waals surface area (Å²) >= 11 is 4.65. The third kappa shape index (κ3) is 8.69. The molecule has 0 saturated carbocycles. The fraction of sp³-hybridized carbons (Fsp3) is 0.561. The molecule has 2 aromatic heterocycles. The van der Waals surface area contributed by atoms with Crippen LogP contribution in [0.25, 0.3) is 21.8 Å². The number of halogens is 3. The molecular weight excluding hydrogens is 666 g/mol. The molecule has 0 aliphatic carbocycles. The lowest BCUT2D eigenvalue weighted by Crippen LogP contribution is -2.60. The van der Waals surface area contributed by atoms with Crippen LogP contribution in [0.15, 0.2) is 42.7 Å². The van der Waals surface area contributed by atoms with Crippen molar-refractivity contribution >= 4 is 40.3 Å². The van der Waals surface area contributed by atoms with Gasteiger partial charge in [-0.25, -0.2) is 9.97 Å². The van der Waals surface area contributed by atoms with E-state index in [1.165, 1.54) is 34.4 Å². The molecule has 1 spiro atoms. The second-order valence-electron chi connectivity index (χ2n) is 15.6. The molecule has 10 heteroatoms. The Morgan fingerprint density at radius 3 is 2.41 bits per heavy atom. The van der Waals surface area contributed by atoms with Crippen LogP contribution in [-0.4, -0.2) is 81.1 Å². The summed E-state index contributed by atoms with van der Waals surface area (Å²) in [5.74, 6) is 7.90. The average Bonchev–Trinajstić information content (AvgIpc) is 3.39. The van der Waals surface area contributed by atoms with Crippen LogP contribution < -0.4 is 4.90 Å². The highest BCUT2D eigenvalue weighted by Crippen LogP contribution is 2.44. The van der Waals surface area contributed by atoms with E-state index in [0.29, 0.717) is 28.1 Å². The Labute approximate surface area is 307 Å². The van der Waals surface area contributed by atoms with Gasteiger partial charge in [-0.3, -0.25) is 9.80 Å². The number of benzene rings is 2. The molecule has 0 bridgehead atoms. The van der Waals surface area contributed by atoms with Crippen molar-refractivity contribution < 1.29 is 13.2 Å². The standard InChI is InChI=1S/C41H53F3N6S/c1-7-8-34-20-35-31(6)33(10-12-38(35)50(34)23-29(4)48(22-28(2)3)16-13-30(5)51)24-47-17-14-40(15-18-47)25-49(26-40)39-36-19-32(21-41(42,43)44)9-11-37(36)45-27-46-39/h9-12,19-20,27-30,51H,13-18,21-26H2,1-6H3. The molecule has 2 saturated heterocycles. The number of rotatable bonds is 12. The first-order chi connectivity index (χ1) is 24.2. The first-order valence-corrected chi connectivity index (χ1v) is 19.0. The molecule has 2 unspecified atom stereocenters. The van der Waals surface area contributed by atoms with E-state index in [9.17, 15) is 13.2 Å². The van der Waals surface area contributed by atoms with Crippen molar-refractivity contribution in [2.45, 2.75) is 97.8 Å². The second-order valence-corrected chi connectivity index (χ2v) is 16.5. The third-order valence-corrected chi connectivity index (χ3v) is 11.2. The molecule has 2 atom stereocenters. The normalized spacial score (nSPS) is 17.7. The summed E-state index contributed by atoms with van der Waals surface area (Å²) in [6, 6.07) is 12.1. The first kappa shape index (κ1) is 37.5. The quantitative estimate of drug-likeness (QED) is 0.118. The predicted octanol–water partition coefficient (Wildman–Crippen LogP) is 8.53. The number of hydrogen-bond donors (Lipinski definition) is 1. The fourth-order valence-corrected chi connectivity index (χ4v) is 8.27. The van der Waals surface area contributed by atoms with Crippen LogP contribution in [0.2, 0.25) is 0 Å². The van der Waals surface area contributed by atoms with Gasteiger partial charge >= 0.3 is 6.18 Å². The zero-order valence-corrected chi connectivity index (χ0v) is 31.9. The number of fused-ring (bicyclic) bond motifs is 2. The zero-order chi connectivity index (χ0) is 36.5. The Hall–Kier alpha value is -3.26. The van der Waals surface area contributed by atoms with Crippen LogP contribution in [0.1, 0.15) is 76.3 Å². The molecule has 2 aromatic carbocycles. The van der Waals surface area contributed by atoms with Crippen molar-refractivity contribution in [2.75, 3.05) is 44.2 Å². The summed E-state index contributed by atoms with van der Waals surface area (Å²) in [5.41, 5.74) is 6.16. The van der Waals surface area contributed by atoms with Crippen LogP contribution in [-0.2, 0) is 19.5 Å². The zero-order valence-electron chi connectivity index (χ0n) is 31.0. The van der Waals surface area contributed by atoms with E-state index in [2.05, 4.69) is 107 Å². The SMILES string of the molecule is CC#Cc1cc2c(C)c(CN3CCC4(CC3)CN(c3ncnc5ccc(CC(F)(F)F)cc35)C4)ccc2n1CC(C)N(CCC(C)S)CC(C)C. The Bertz CT molecular complexity index is 1890. The van der Waals surface area contributed by atoms with Crippen molar-refractivity contribution in [1.29, 1.82) is 0 Å². The van der Waals surface area contributed by atoms with Gasteiger partial charge in [0.25, 0.3) is 0 Å². The van der Waals surface area contributed by atoms with Gasteiger partial charge in [0.15, 0.2) is 0 Å². The maximum atomic E-state index is 13.1. The van der Waals surface area contributed by atoms with Crippen LogP contribution in [0.4, 0.5) is 19.0 Å². The minimum atomic E-state index is -4.25. The molecule has 4 heterocycles. The largest absolute Gasteiger partial charge is 0.393 e. The molecule has 2 aliphatic rings. The van der Waals surface area contributed by atoms with Crippen LogP contribution >= 0.6 is 12.6 Å². The summed E-state index contributed by atoms with van der Waals surface area (Å²) in [6.45, 7) is 21.0. The number of anilines is 1. The van der Waals surface area contributed by atoms with Gasteiger partial charge in [-0.1, -0.05) is 38.8 Å². The maximum Gasteiger partial charge on any atom is 0.393 e. The van der Waals surface area contributed by atoms with E-state index < -0.39 is 12.6 Å². The monoisotopic (exact) mass is 718 g/mol. The van der Waals surface area contributed by atoms with Gasteiger partial charge in [0, 0.05) is 65.7 Å². The minimum absolute atomic E-state index is 0.215. The van der Waals surface area contributed by atoms with Crippen molar-refractivity contribution in [3.63, 3.8) is 0 Å². The smallest absolute Gasteiger partial charge is 0.355 e. The van der Waals surface area contributed by atoms with Gasteiger partial charge in [0.2, 0.25) is 0 Å². The number of alkyl halides is 3. The minimum Gasteiger partial charge on any atom is -0.355 e. The number of aryl methyl sites for hydroxylation is 1. The van der Waals surface area contributed by atoms with Crippen molar-refractivity contribution in [1.82, 2.24) is 24.3 Å². The first-order valence-electron chi connectivity index (χ1n) is 18.5.